The molecular formula is C15H22N2O3. The molecule has 0 aromatic heterocycles. The van der Waals surface area contributed by atoms with Crippen molar-refractivity contribution in [3.63, 3.8) is 0 Å². The van der Waals surface area contributed by atoms with Gasteiger partial charge in [-0.15, -0.1) is 0 Å². The summed E-state index contributed by atoms with van der Waals surface area (Å²) in [6.45, 7) is 4.03. The lowest BCUT2D eigenvalue weighted by Gasteiger charge is -2.14. The molecule has 2 amide bonds. The van der Waals surface area contributed by atoms with Gasteiger partial charge in [-0.3, -0.25) is 4.79 Å². The molecule has 0 spiro atoms. The number of hydrogen-bond acceptors (Lipinski definition) is 3. The molecule has 0 bridgehead atoms. The van der Waals surface area contributed by atoms with Crippen molar-refractivity contribution < 1.29 is 14.7 Å². The quantitative estimate of drug-likeness (QED) is 0.663. The number of amides is 2. The molecule has 0 radical (unpaired) electrons. The summed E-state index contributed by atoms with van der Waals surface area (Å²) in [5, 5.41) is 14.2. The van der Waals surface area contributed by atoms with Gasteiger partial charge in [-0.25, -0.2) is 4.79 Å². The molecule has 0 aliphatic rings. The summed E-state index contributed by atoms with van der Waals surface area (Å²) in [6.07, 6.45) is 0.915. The highest BCUT2D eigenvalue weighted by Gasteiger charge is 2.09. The van der Waals surface area contributed by atoms with Crippen molar-refractivity contribution in [1.82, 2.24) is 10.6 Å². The van der Waals surface area contributed by atoms with Crippen LogP contribution in [0.1, 0.15) is 35.7 Å². The minimum Gasteiger partial charge on any atom is -0.394 e. The predicted octanol–water partition coefficient (Wildman–Crippen LogP) is 1.64. The van der Waals surface area contributed by atoms with Crippen LogP contribution in [-0.4, -0.2) is 36.1 Å². The minimum absolute atomic E-state index is 0.000463. The summed E-state index contributed by atoms with van der Waals surface area (Å²) in [4.78, 5) is 23.3. The van der Waals surface area contributed by atoms with Gasteiger partial charge in [0.1, 0.15) is 0 Å². The van der Waals surface area contributed by atoms with Gasteiger partial charge >= 0.3 is 6.03 Å². The van der Waals surface area contributed by atoms with Crippen LogP contribution >= 0.6 is 0 Å². The molecule has 0 heterocycles. The number of Topliss-reactive ketones (excluding diaryl/α,β-unsaturated/α-hetero) is 1. The standard InChI is InChI=1S/C15H22N2O3/c1-3-13(10-18)17-15(20)16-9-8-14(19)12-6-4-11(2)5-7-12/h4-7,13,18H,3,8-10H2,1-2H3,(H2,16,17,20). The Balaban J connectivity index is 2.31. The number of carbonyl (C=O) groups excluding carboxylic acids is 2. The number of ketones is 1. The van der Waals surface area contributed by atoms with Crippen LogP contribution in [0.15, 0.2) is 24.3 Å². The molecular weight excluding hydrogens is 256 g/mol. The minimum atomic E-state index is -0.359. The van der Waals surface area contributed by atoms with Gasteiger partial charge < -0.3 is 15.7 Å². The summed E-state index contributed by atoms with van der Waals surface area (Å²) >= 11 is 0. The van der Waals surface area contributed by atoms with Crippen molar-refractivity contribution in [3.05, 3.63) is 35.4 Å². The topological polar surface area (TPSA) is 78.4 Å². The molecule has 5 heteroatoms. The zero-order valence-corrected chi connectivity index (χ0v) is 12.0. The zero-order chi connectivity index (χ0) is 15.0. The lowest BCUT2D eigenvalue weighted by molar-refractivity contribution is 0.0983. The summed E-state index contributed by atoms with van der Waals surface area (Å²) in [5.41, 5.74) is 1.76. The molecule has 1 atom stereocenters. The highest BCUT2D eigenvalue weighted by Crippen LogP contribution is 2.05. The average molecular weight is 278 g/mol. The summed E-state index contributed by atoms with van der Waals surface area (Å²) in [5.74, 6) is -0.000463. The molecule has 1 aromatic carbocycles. The molecule has 0 fully saturated rings. The number of nitrogens with one attached hydrogen (secondary N) is 2. The first kappa shape index (κ1) is 16.2. The van der Waals surface area contributed by atoms with E-state index in [1.807, 2.05) is 26.0 Å². The number of hydrogen-bond donors (Lipinski definition) is 3. The Labute approximate surface area is 119 Å². The number of carbonyl (C=O) groups is 2. The highest BCUT2D eigenvalue weighted by molar-refractivity contribution is 5.96. The third-order valence-corrected chi connectivity index (χ3v) is 3.06. The lowest BCUT2D eigenvalue weighted by Crippen LogP contribution is -2.44. The first-order valence-corrected chi connectivity index (χ1v) is 6.82. The van der Waals surface area contributed by atoms with Gasteiger partial charge in [-0.2, -0.15) is 0 Å². The molecule has 20 heavy (non-hydrogen) atoms. The van der Waals surface area contributed by atoms with E-state index in [4.69, 9.17) is 5.11 Å². The number of rotatable bonds is 7. The molecule has 0 aliphatic carbocycles. The molecule has 0 saturated carbocycles. The van der Waals surface area contributed by atoms with Crippen LogP contribution in [0.3, 0.4) is 0 Å². The van der Waals surface area contributed by atoms with Crippen molar-refractivity contribution in [1.29, 1.82) is 0 Å². The Bertz CT molecular complexity index is 439. The van der Waals surface area contributed by atoms with Crippen LogP contribution in [0.2, 0.25) is 0 Å². The van der Waals surface area contributed by atoms with Gasteiger partial charge in [0, 0.05) is 18.5 Å². The van der Waals surface area contributed by atoms with E-state index in [0.29, 0.717) is 12.0 Å². The predicted molar refractivity (Wildman–Crippen MR) is 77.8 cm³/mol. The van der Waals surface area contributed by atoms with Crippen molar-refractivity contribution >= 4 is 11.8 Å². The average Bonchev–Trinajstić information content (AvgIpc) is 2.45. The van der Waals surface area contributed by atoms with Gasteiger partial charge in [-0.05, 0) is 13.3 Å². The first-order valence-electron chi connectivity index (χ1n) is 6.82. The van der Waals surface area contributed by atoms with Crippen molar-refractivity contribution in [2.75, 3.05) is 13.2 Å². The second kappa shape index (κ2) is 8.32. The molecule has 5 nitrogen and oxygen atoms in total. The van der Waals surface area contributed by atoms with Crippen molar-refractivity contribution in [2.24, 2.45) is 0 Å². The van der Waals surface area contributed by atoms with E-state index in [9.17, 15) is 9.59 Å². The van der Waals surface area contributed by atoms with Gasteiger partial charge in [0.15, 0.2) is 5.78 Å². The molecule has 1 rings (SSSR count). The van der Waals surface area contributed by atoms with E-state index in [2.05, 4.69) is 10.6 Å². The van der Waals surface area contributed by atoms with E-state index in [0.717, 1.165) is 5.56 Å². The van der Waals surface area contributed by atoms with E-state index in [-0.39, 0.29) is 37.4 Å². The maximum atomic E-state index is 11.9. The fraction of sp³-hybridized carbons (Fsp3) is 0.467. The third kappa shape index (κ3) is 5.40. The largest absolute Gasteiger partial charge is 0.394 e. The highest BCUT2D eigenvalue weighted by atomic mass is 16.3. The second-order valence-corrected chi connectivity index (χ2v) is 4.73. The van der Waals surface area contributed by atoms with E-state index in [1.165, 1.54) is 0 Å². The van der Waals surface area contributed by atoms with Gasteiger partial charge in [0.2, 0.25) is 0 Å². The molecule has 0 aliphatic heterocycles. The fourth-order valence-electron chi connectivity index (χ4n) is 1.69. The van der Waals surface area contributed by atoms with E-state index in [1.54, 1.807) is 12.1 Å². The molecule has 1 unspecified atom stereocenters. The maximum Gasteiger partial charge on any atom is 0.315 e. The zero-order valence-electron chi connectivity index (χ0n) is 12.0. The van der Waals surface area contributed by atoms with Crippen molar-refractivity contribution in [2.45, 2.75) is 32.7 Å². The Morgan fingerprint density at radius 3 is 2.45 bits per heavy atom. The summed E-state index contributed by atoms with van der Waals surface area (Å²) < 4.78 is 0. The first-order chi connectivity index (χ1) is 9.56. The van der Waals surface area contributed by atoms with Crippen LogP contribution in [0, 0.1) is 6.92 Å². The van der Waals surface area contributed by atoms with Crippen LogP contribution in [0.5, 0.6) is 0 Å². The number of aryl methyl sites for hydroxylation is 1. The molecule has 1 aromatic rings. The van der Waals surface area contributed by atoms with Crippen LogP contribution in [0.25, 0.3) is 0 Å². The Hall–Kier alpha value is -1.88. The second-order valence-electron chi connectivity index (χ2n) is 4.73. The Morgan fingerprint density at radius 2 is 1.90 bits per heavy atom. The summed E-state index contributed by atoms with van der Waals surface area (Å²) in [7, 11) is 0. The Kier molecular flexibility index (Phi) is 6.73. The molecule has 0 saturated heterocycles. The van der Waals surface area contributed by atoms with Gasteiger partial charge in [-0.1, -0.05) is 36.8 Å². The van der Waals surface area contributed by atoms with Gasteiger partial charge in [0.05, 0.1) is 12.6 Å². The maximum absolute atomic E-state index is 11.9. The summed E-state index contributed by atoms with van der Waals surface area (Å²) in [6, 6.07) is 6.75. The van der Waals surface area contributed by atoms with Crippen LogP contribution < -0.4 is 10.6 Å². The number of aliphatic hydroxyl groups is 1. The fourth-order valence-corrected chi connectivity index (χ4v) is 1.69. The smallest absolute Gasteiger partial charge is 0.315 e. The normalized spacial score (nSPS) is 11.8. The van der Waals surface area contributed by atoms with Crippen molar-refractivity contribution in [3.8, 4) is 0 Å². The number of urea groups is 1. The van der Waals surface area contributed by atoms with E-state index < -0.39 is 0 Å². The SMILES string of the molecule is CCC(CO)NC(=O)NCCC(=O)c1ccc(C)cc1. The molecule has 3 N–H and O–H groups in total. The number of benzene rings is 1. The van der Waals surface area contributed by atoms with Crippen LogP contribution in [-0.2, 0) is 0 Å². The van der Waals surface area contributed by atoms with Crippen LogP contribution in [0.4, 0.5) is 4.79 Å². The Morgan fingerprint density at radius 1 is 1.25 bits per heavy atom. The van der Waals surface area contributed by atoms with Gasteiger partial charge in [0.25, 0.3) is 0 Å². The molecule has 110 valence electrons. The number of aliphatic hydroxyl groups excluding tert-OH is 1. The lowest BCUT2D eigenvalue weighted by atomic mass is 10.1. The monoisotopic (exact) mass is 278 g/mol. The third-order valence-electron chi connectivity index (χ3n) is 3.06. The van der Waals surface area contributed by atoms with E-state index >= 15 is 0 Å².